The summed E-state index contributed by atoms with van der Waals surface area (Å²) in [5, 5.41) is 6.40. The number of hydrogen-bond acceptors (Lipinski definition) is 5. The van der Waals surface area contributed by atoms with Crippen molar-refractivity contribution < 1.29 is 14.3 Å². The molecular formula is C22H27N3O3S2. The zero-order valence-electron chi connectivity index (χ0n) is 17.4. The second-order valence-electron chi connectivity index (χ2n) is 8.06. The van der Waals surface area contributed by atoms with Crippen LogP contribution in [-0.4, -0.2) is 23.5 Å². The van der Waals surface area contributed by atoms with E-state index in [9.17, 15) is 9.59 Å². The van der Waals surface area contributed by atoms with Gasteiger partial charge in [0.05, 0.1) is 12.2 Å². The number of amides is 2. The molecule has 1 aromatic carbocycles. The lowest BCUT2D eigenvalue weighted by atomic mass is 9.88. The number of benzene rings is 1. The number of hydrogen-bond donors (Lipinski definition) is 3. The molecule has 2 aromatic rings. The van der Waals surface area contributed by atoms with Crippen LogP contribution in [0.15, 0.2) is 24.3 Å². The summed E-state index contributed by atoms with van der Waals surface area (Å²) < 4.78 is 5.63. The molecule has 0 spiro atoms. The first-order valence-electron chi connectivity index (χ1n) is 10.0. The number of carbonyl (C=O) groups is 2. The second kappa shape index (κ2) is 9.57. The molecule has 1 atom stereocenters. The van der Waals surface area contributed by atoms with Crippen molar-refractivity contribution in [1.82, 2.24) is 5.32 Å². The topological polar surface area (TPSA) is 93.4 Å². The third-order valence-corrected chi connectivity index (χ3v) is 6.29. The summed E-state index contributed by atoms with van der Waals surface area (Å²) in [5.41, 5.74) is 7.60. The Morgan fingerprint density at radius 1 is 1.30 bits per heavy atom. The van der Waals surface area contributed by atoms with E-state index < -0.39 is 5.91 Å². The van der Waals surface area contributed by atoms with E-state index in [2.05, 4.69) is 31.4 Å². The van der Waals surface area contributed by atoms with Gasteiger partial charge in [-0.3, -0.25) is 14.9 Å². The molecule has 8 heteroatoms. The molecule has 6 nitrogen and oxygen atoms in total. The molecule has 30 heavy (non-hydrogen) atoms. The zero-order valence-corrected chi connectivity index (χ0v) is 19.0. The lowest BCUT2D eigenvalue weighted by molar-refractivity contribution is 0.0975. The van der Waals surface area contributed by atoms with Crippen LogP contribution < -0.4 is 21.1 Å². The predicted octanol–water partition coefficient (Wildman–Crippen LogP) is 4.13. The smallest absolute Gasteiger partial charge is 0.257 e. The van der Waals surface area contributed by atoms with Crippen molar-refractivity contribution in [1.29, 1.82) is 0 Å². The highest BCUT2D eigenvalue weighted by Crippen LogP contribution is 2.39. The van der Waals surface area contributed by atoms with E-state index in [0.717, 1.165) is 29.7 Å². The number of primary amides is 1. The van der Waals surface area contributed by atoms with E-state index in [1.807, 2.05) is 0 Å². The molecular weight excluding hydrogens is 418 g/mol. The SMILES string of the molecule is CC(C)COc1ccc(C(=O)NC(=S)Nc2sc3c(c2C(N)=O)CCC(C)C3)cc1. The van der Waals surface area contributed by atoms with E-state index in [0.29, 0.717) is 40.3 Å². The molecule has 0 radical (unpaired) electrons. The third kappa shape index (κ3) is 5.37. The molecule has 2 amide bonds. The Balaban J connectivity index is 1.66. The average molecular weight is 446 g/mol. The largest absolute Gasteiger partial charge is 0.493 e. The molecule has 1 aliphatic rings. The van der Waals surface area contributed by atoms with Gasteiger partial charge in [-0.05, 0) is 73.1 Å². The first kappa shape index (κ1) is 22.2. The monoisotopic (exact) mass is 445 g/mol. The van der Waals surface area contributed by atoms with E-state index in [4.69, 9.17) is 22.7 Å². The summed E-state index contributed by atoms with van der Waals surface area (Å²) in [6.07, 6.45) is 2.78. The second-order valence-corrected chi connectivity index (χ2v) is 9.57. The van der Waals surface area contributed by atoms with E-state index in [1.165, 1.54) is 11.3 Å². The van der Waals surface area contributed by atoms with Gasteiger partial charge in [-0.25, -0.2) is 0 Å². The van der Waals surface area contributed by atoms with Gasteiger partial charge in [0.25, 0.3) is 11.8 Å². The van der Waals surface area contributed by atoms with Gasteiger partial charge in [0.1, 0.15) is 10.8 Å². The number of nitrogens with one attached hydrogen (secondary N) is 2. The number of nitrogens with two attached hydrogens (primary N) is 1. The Kier molecular flexibility index (Phi) is 7.10. The maximum absolute atomic E-state index is 12.5. The lowest BCUT2D eigenvalue weighted by Crippen LogP contribution is -2.34. The Hall–Kier alpha value is -2.45. The predicted molar refractivity (Wildman–Crippen MR) is 124 cm³/mol. The molecule has 1 aliphatic carbocycles. The summed E-state index contributed by atoms with van der Waals surface area (Å²) in [6.45, 7) is 6.96. The van der Waals surface area contributed by atoms with Crippen molar-refractivity contribution >= 4 is 45.5 Å². The quantitative estimate of drug-likeness (QED) is 0.581. The van der Waals surface area contributed by atoms with Crippen LogP contribution in [0.25, 0.3) is 0 Å². The third-order valence-electron chi connectivity index (χ3n) is 4.91. The van der Waals surface area contributed by atoms with Crippen molar-refractivity contribution in [2.75, 3.05) is 11.9 Å². The molecule has 0 saturated carbocycles. The first-order valence-corrected chi connectivity index (χ1v) is 11.3. The fourth-order valence-corrected chi connectivity index (χ4v) is 5.05. The first-order chi connectivity index (χ1) is 14.2. The minimum Gasteiger partial charge on any atom is -0.493 e. The highest BCUT2D eigenvalue weighted by atomic mass is 32.1. The molecule has 160 valence electrons. The fourth-order valence-electron chi connectivity index (χ4n) is 3.37. The Morgan fingerprint density at radius 2 is 2.00 bits per heavy atom. The molecule has 1 unspecified atom stereocenters. The van der Waals surface area contributed by atoms with Gasteiger partial charge in [0.15, 0.2) is 5.11 Å². The highest BCUT2D eigenvalue weighted by Gasteiger charge is 2.27. The van der Waals surface area contributed by atoms with Crippen molar-refractivity contribution in [3.8, 4) is 5.75 Å². The molecule has 3 rings (SSSR count). The van der Waals surface area contributed by atoms with Crippen molar-refractivity contribution in [3.63, 3.8) is 0 Å². The molecule has 0 fully saturated rings. The maximum atomic E-state index is 12.5. The van der Waals surface area contributed by atoms with Gasteiger partial charge in [-0.15, -0.1) is 11.3 Å². The maximum Gasteiger partial charge on any atom is 0.257 e. The number of thiocarbonyl (C=S) groups is 1. The van der Waals surface area contributed by atoms with Crippen LogP contribution in [0.1, 0.15) is 58.3 Å². The molecule has 0 aliphatic heterocycles. The van der Waals surface area contributed by atoms with Gasteiger partial charge in [-0.2, -0.15) is 0 Å². The van der Waals surface area contributed by atoms with Crippen LogP contribution >= 0.6 is 23.6 Å². The minimum absolute atomic E-state index is 0.134. The standard InChI is InChI=1S/C22H27N3O3S2/c1-12(2)11-28-15-7-5-14(6-8-15)20(27)24-22(29)25-21-18(19(23)26)16-9-4-13(3)10-17(16)30-21/h5-8,12-13H,4,9-11H2,1-3H3,(H2,23,26)(H2,24,25,27,29). The van der Waals surface area contributed by atoms with Gasteiger partial charge in [-0.1, -0.05) is 20.8 Å². The van der Waals surface area contributed by atoms with Crippen molar-refractivity contribution in [3.05, 3.63) is 45.8 Å². The summed E-state index contributed by atoms with van der Waals surface area (Å²) in [5.74, 6) is 0.899. The highest BCUT2D eigenvalue weighted by molar-refractivity contribution is 7.80. The van der Waals surface area contributed by atoms with Crippen LogP contribution in [0.5, 0.6) is 5.75 Å². The summed E-state index contributed by atoms with van der Waals surface area (Å²) >= 11 is 6.79. The van der Waals surface area contributed by atoms with Crippen LogP contribution in [0, 0.1) is 11.8 Å². The average Bonchev–Trinajstić information content (AvgIpc) is 3.03. The Morgan fingerprint density at radius 3 is 2.63 bits per heavy atom. The summed E-state index contributed by atoms with van der Waals surface area (Å²) in [4.78, 5) is 25.7. The van der Waals surface area contributed by atoms with E-state index >= 15 is 0 Å². The van der Waals surface area contributed by atoms with Crippen LogP contribution in [0.3, 0.4) is 0 Å². The molecule has 4 N–H and O–H groups in total. The number of ether oxygens (including phenoxy) is 1. The van der Waals surface area contributed by atoms with E-state index in [1.54, 1.807) is 24.3 Å². The van der Waals surface area contributed by atoms with Gasteiger partial charge in [0, 0.05) is 10.4 Å². The Bertz CT molecular complexity index is 951. The minimum atomic E-state index is -0.476. The number of fused-ring (bicyclic) bond motifs is 1. The number of rotatable bonds is 6. The van der Waals surface area contributed by atoms with Gasteiger partial charge >= 0.3 is 0 Å². The molecule has 1 aromatic heterocycles. The van der Waals surface area contributed by atoms with Crippen LogP contribution in [0.2, 0.25) is 0 Å². The summed E-state index contributed by atoms with van der Waals surface area (Å²) in [7, 11) is 0. The van der Waals surface area contributed by atoms with Crippen LogP contribution in [-0.2, 0) is 12.8 Å². The molecule has 0 bridgehead atoms. The molecule has 1 heterocycles. The van der Waals surface area contributed by atoms with Gasteiger partial charge < -0.3 is 15.8 Å². The molecule has 0 saturated heterocycles. The van der Waals surface area contributed by atoms with Crippen molar-refractivity contribution in [2.24, 2.45) is 17.6 Å². The number of thiophene rings is 1. The van der Waals surface area contributed by atoms with E-state index in [-0.39, 0.29) is 11.0 Å². The Labute approximate surface area is 186 Å². The van der Waals surface area contributed by atoms with Gasteiger partial charge in [0.2, 0.25) is 0 Å². The number of carbonyl (C=O) groups excluding carboxylic acids is 2. The summed E-state index contributed by atoms with van der Waals surface area (Å²) in [6, 6.07) is 6.89. The van der Waals surface area contributed by atoms with Crippen molar-refractivity contribution in [2.45, 2.75) is 40.0 Å². The fraction of sp³-hybridized carbons (Fsp3) is 0.409. The lowest BCUT2D eigenvalue weighted by Gasteiger charge is -2.18. The number of anilines is 1. The van der Waals surface area contributed by atoms with Crippen LogP contribution in [0.4, 0.5) is 5.00 Å². The normalized spacial score (nSPS) is 15.4. The zero-order chi connectivity index (χ0) is 21.8.